The van der Waals surface area contributed by atoms with Crippen molar-refractivity contribution in [2.75, 3.05) is 28.2 Å². The molecule has 0 unspecified atom stereocenters. The van der Waals surface area contributed by atoms with Gasteiger partial charge in [-0.15, -0.1) is 0 Å². The SMILES string of the molecule is CC(=O)c1ccc(C)c(Nc2ncc(C(F)(F)F)c(NCc3cnc(C)nc3N(C)S(C)(=O)=O)n2)c1. The Hall–Kier alpha value is -3.81. The number of rotatable bonds is 8. The molecule has 3 rings (SSSR count). The average molecular weight is 524 g/mol. The van der Waals surface area contributed by atoms with Gasteiger partial charge in [-0.1, -0.05) is 12.1 Å². The van der Waals surface area contributed by atoms with Crippen molar-refractivity contribution in [3.8, 4) is 0 Å². The van der Waals surface area contributed by atoms with Crippen LogP contribution in [-0.2, 0) is 22.7 Å². The molecule has 0 saturated heterocycles. The van der Waals surface area contributed by atoms with Crippen molar-refractivity contribution in [1.29, 1.82) is 0 Å². The van der Waals surface area contributed by atoms with Gasteiger partial charge < -0.3 is 10.6 Å². The van der Waals surface area contributed by atoms with Gasteiger partial charge in [0.15, 0.2) is 11.6 Å². The molecule has 0 aliphatic carbocycles. The molecule has 0 saturated carbocycles. The van der Waals surface area contributed by atoms with Crippen molar-refractivity contribution >= 4 is 39.1 Å². The number of alkyl halides is 3. The van der Waals surface area contributed by atoms with E-state index in [9.17, 15) is 26.4 Å². The minimum absolute atomic E-state index is 0.0233. The number of carbonyl (C=O) groups is 1. The van der Waals surface area contributed by atoms with Gasteiger partial charge in [-0.2, -0.15) is 18.2 Å². The molecule has 36 heavy (non-hydrogen) atoms. The summed E-state index contributed by atoms with van der Waals surface area (Å²) in [6.07, 6.45) is -1.82. The van der Waals surface area contributed by atoms with E-state index in [1.807, 2.05) is 0 Å². The van der Waals surface area contributed by atoms with E-state index in [0.29, 0.717) is 17.4 Å². The maximum absolute atomic E-state index is 13.7. The number of benzene rings is 1. The van der Waals surface area contributed by atoms with E-state index >= 15 is 0 Å². The van der Waals surface area contributed by atoms with E-state index in [-0.39, 0.29) is 35.5 Å². The molecule has 0 spiro atoms. The van der Waals surface area contributed by atoms with Gasteiger partial charge in [0.25, 0.3) is 0 Å². The van der Waals surface area contributed by atoms with Crippen LogP contribution in [0.25, 0.3) is 0 Å². The van der Waals surface area contributed by atoms with Crippen LogP contribution in [0.4, 0.5) is 36.4 Å². The van der Waals surface area contributed by atoms with E-state index < -0.39 is 27.6 Å². The Bertz CT molecular complexity index is 1410. The molecule has 2 N–H and O–H groups in total. The predicted octanol–water partition coefficient (Wildman–Crippen LogP) is 3.86. The van der Waals surface area contributed by atoms with Gasteiger partial charge in [0.05, 0.1) is 6.26 Å². The van der Waals surface area contributed by atoms with Crippen molar-refractivity contribution in [1.82, 2.24) is 19.9 Å². The number of Topliss-reactive ketones (excluding diaryl/α,β-unsaturated/α-hetero) is 1. The number of sulfonamides is 1. The smallest absolute Gasteiger partial charge is 0.365 e. The van der Waals surface area contributed by atoms with E-state index in [2.05, 4.69) is 30.6 Å². The minimum Gasteiger partial charge on any atom is -0.365 e. The van der Waals surface area contributed by atoms with Crippen LogP contribution in [-0.4, -0.2) is 47.4 Å². The monoisotopic (exact) mass is 523 g/mol. The first kappa shape index (κ1) is 26.8. The molecule has 0 fully saturated rings. The average Bonchev–Trinajstić information content (AvgIpc) is 2.77. The molecule has 2 aromatic heterocycles. The van der Waals surface area contributed by atoms with Gasteiger partial charge in [0, 0.05) is 42.8 Å². The van der Waals surface area contributed by atoms with E-state index in [0.717, 1.165) is 16.1 Å². The fourth-order valence-electron chi connectivity index (χ4n) is 3.10. The molecule has 0 atom stereocenters. The molecule has 3 aromatic rings. The van der Waals surface area contributed by atoms with Crippen molar-refractivity contribution in [3.05, 3.63) is 58.7 Å². The van der Waals surface area contributed by atoms with Crippen molar-refractivity contribution < 1.29 is 26.4 Å². The lowest BCUT2D eigenvalue weighted by Crippen LogP contribution is -2.28. The molecule has 0 aliphatic heterocycles. The Kier molecular flexibility index (Phi) is 7.48. The summed E-state index contributed by atoms with van der Waals surface area (Å²) in [7, 11) is -2.41. The molecule has 0 amide bonds. The van der Waals surface area contributed by atoms with Gasteiger partial charge in [-0.05, 0) is 32.4 Å². The van der Waals surface area contributed by atoms with Crippen molar-refractivity contribution in [3.63, 3.8) is 0 Å². The molecule has 0 radical (unpaired) electrons. The van der Waals surface area contributed by atoms with E-state index in [1.165, 1.54) is 20.2 Å². The summed E-state index contributed by atoms with van der Waals surface area (Å²) in [5, 5.41) is 5.45. The summed E-state index contributed by atoms with van der Waals surface area (Å²) in [4.78, 5) is 27.6. The molecule has 14 heteroatoms. The van der Waals surface area contributed by atoms with Crippen LogP contribution in [0.3, 0.4) is 0 Å². The number of hydrogen-bond donors (Lipinski definition) is 2. The highest BCUT2D eigenvalue weighted by atomic mass is 32.2. The second kappa shape index (κ2) is 10.0. The topological polar surface area (TPSA) is 130 Å². The third-order valence-electron chi connectivity index (χ3n) is 5.19. The zero-order chi connectivity index (χ0) is 26.8. The number of halogens is 3. The van der Waals surface area contributed by atoms with Crippen LogP contribution in [0.15, 0.2) is 30.6 Å². The lowest BCUT2D eigenvalue weighted by atomic mass is 10.1. The Morgan fingerprint density at radius 2 is 1.81 bits per heavy atom. The molecule has 0 bridgehead atoms. The second-order valence-electron chi connectivity index (χ2n) is 8.01. The van der Waals surface area contributed by atoms with E-state index in [1.54, 1.807) is 32.0 Å². The zero-order valence-electron chi connectivity index (χ0n) is 20.1. The molecule has 192 valence electrons. The van der Waals surface area contributed by atoms with Crippen molar-refractivity contribution in [2.24, 2.45) is 0 Å². The Morgan fingerprint density at radius 3 is 2.42 bits per heavy atom. The van der Waals surface area contributed by atoms with Gasteiger partial charge in [0.2, 0.25) is 16.0 Å². The lowest BCUT2D eigenvalue weighted by molar-refractivity contribution is -0.137. The predicted molar refractivity (Wildman–Crippen MR) is 129 cm³/mol. The fraction of sp³-hybridized carbons (Fsp3) is 0.318. The van der Waals surface area contributed by atoms with Crippen molar-refractivity contribution in [2.45, 2.75) is 33.5 Å². The second-order valence-corrected chi connectivity index (χ2v) is 10.0. The van der Waals surface area contributed by atoms with Crippen LogP contribution in [0.2, 0.25) is 0 Å². The summed E-state index contributed by atoms with van der Waals surface area (Å²) in [6.45, 7) is 4.46. The lowest BCUT2D eigenvalue weighted by Gasteiger charge is -2.20. The number of aryl methyl sites for hydroxylation is 2. The summed E-state index contributed by atoms with van der Waals surface area (Å²) < 4.78 is 65.9. The third kappa shape index (κ3) is 6.24. The number of carbonyl (C=O) groups excluding carboxylic acids is 1. The zero-order valence-corrected chi connectivity index (χ0v) is 20.9. The number of nitrogens with zero attached hydrogens (tertiary/aromatic N) is 5. The normalized spacial score (nSPS) is 11.8. The highest BCUT2D eigenvalue weighted by Gasteiger charge is 2.35. The number of aromatic nitrogens is 4. The number of nitrogens with one attached hydrogen (secondary N) is 2. The quantitative estimate of drug-likeness (QED) is 0.423. The number of ketones is 1. The first-order chi connectivity index (χ1) is 16.7. The summed E-state index contributed by atoms with van der Waals surface area (Å²) in [5.74, 6) is -0.534. The third-order valence-corrected chi connectivity index (χ3v) is 6.36. The maximum atomic E-state index is 13.7. The van der Waals surface area contributed by atoms with Crippen LogP contribution >= 0.6 is 0 Å². The highest BCUT2D eigenvalue weighted by molar-refractivity contribution is 7.92. The van der Waals surface area contributed by atoms with Crippen LogP contribution < -0.4 is 14.9 Å². The van der Waals surface area contributed by atoms with Gasteiger partial charge in [-0.25, -0.2) is 23.4 Å². The molecular formula is C22H24F3N7O3S. The number of anilines is 4. The highest BCUT2D eigenvalue weighted by Crippen LogP contribution is 2.35. The molecule has 2 heterocycles. The van der Waals surface area contributed by atoms with E-state index in [4.69, 9.17) is 0 Å². The Morgan fingerprint density at radius 1 is 1.11 bits per heavy atom. The summed E-state index contributed by atoms with van der Waals surface area (Å²) in [6, 6.07) is 4.89. The first-order valence-corrected chi connectivity index (χ1v) is 12.3. The molecular weight excluding hydrogens is 499 g/mol. The summed E-state index contributed by atoms with van der Waals surface area (Å²) in [5.41, 5.74) is 0.712. The van der Waals surface area contributed by atoms with Gasteiger partial charge >= 0.3 is 6.18 Å². The largest absolute Gasteiger partial charge is 0.421 e. The maximum Gasteiger partial charge on any atom is 0.421 e. The Labute approximate surface area is 206 Å². The summed E-state index contributed by atoms with van der Waals surface area (Å²) >= 11 is 0. The van der Waals surface area contributed by atoms with Gasteiger partial charge in [0.1, 0.15) is 17.2 Å². The van der Waals surface area contributed by atoms with Crippen LogP contribution in [0.5, 0.6) is 0 Å². The molecule has 0 aliphatic rings. The first-order valence-electron chi connectivity index (χ1n) is 10.5. The fourth-order valence-corrected chi connectivity index (χ4v) is 3.57. The molecule has 10 nitrogen and oxygen atoms in total. The number of hydrogen-bond acceptors (Lipinski definition) is 9. The van der Waals surface area contributed by atoms with Crippen LogP contribution in [0.1, 0.15) is 39.8 Å². The standard InChI is InChI=1S/C22H24F3N7O3S/c1-12-6-7-15(13(2)33)8-18(12)30-21-28-11-17(22(23,24)25)19(31-21)27-10-16-9-26-14(3)29-20(16)32(4)36(5,34)35/h6-9,11H,10H2,1-5H3,(H2,27,28,30,31). The van der Waals surface area contributed by atoms with Gasteiger partial charge in [-0.3, -0.25) is 9.10 Å². The Balaban J connectivity index is 1.97. The molecule has 1 aromatic carbocycles. The minimum atomic E-state index is -4.76. The van der Waals surface area contributed by atoms with Crippen LogP contribution in [0, 0.1) is 13.8 Å².